The van der Waals surface area contributed by atoms with Crippen molar-refractivity contribution in [3.63, 3.8) is 0 Å². The molecule has 5 heteroatoms. The fourth-order valence-electron chi connectivity index (χ4n) is 2.09. The summed E-state index contributed by atoms with van der Waals surface area (Å²) in [7, 11) is 0. The SMILES string of the molecule is O=Cc1cn(-c2cccc(Br)c2)nc1-c1ccccc1I. The van der Waals surface area contributed by atoms with Crippen molar-refractivity contribution in [1.82, 2.24) is 9.78 Å². The van der Waals surface area contributed by atoms with Crippen LogP contribution in [0.2, 0.25) is 0 Å². The minimum atomic E-state index is 0.582. The number of aldehydes is 1. The average Bonchev–Trinajstić information content (AvgIpc) is 2.92. The summed E-state index contributed by atoms with van der Waals surface area (Å²) in [5.41, 5.74) is 3.16. The molecule has 0 unspecified atom stereocenters. The van der Waals surface area contributed by atoms with Gasteiger partial charge in [0, 0.05) is 19.8 Å². The summed E-state index contributed by atoms with van der Waals surface area (Å²) < 4.78 is 3.77. The van der Waals surface area contributed by atoms with E-state index in [2.05, 4.69) is 43.6 Å². The molecule has 0 spiro atoms. The fourth-order valence-corrected chi connectivity index (χ4v) is 3.12. The molecule has 0 saturated heterocycles. The van der Waals surface area contributed by atoms with Crippen molar-refractivity contribution in [3.8, 4) is 16.9 Å². The number of benzene rings is 2. The van der Waals surface area contributed by atoms with Crippen LogP contribution in [-0.2, 0) is 0 Å². The molecule has 0 atom stereocenters. The number of hydrogen-bond donors (Lipinski definition) is 0. The van der Waals surface area contributed by atoms with Crippen molar-refractivity contribution in [2.24, 2.45) is 0 Å². The van der Waals surface area contributed by atoms with Crippen LogP contribution in [0, 0.1) is 3.57 Å². The fraction of sp³-hybridized carbons (Fsp3) is 0. The first-order chi connectivity index (χ1) is 10.2. The van der Waals surface area contributed by atoms with Crippen molar-refractivity contribution < 1.29 is 4.79 Å². The molecule has 0 saturated carbocycles. The highest BCUT2D eigenvalue weighted by Gasteiger charge is 2.13. The maximum absolute atomic E-state index is 11.4. The average molecular weight is 453 g/mol. The first-order valence-electron chi connectivity index (χ1n) is 6.25. The first kappa shape index (κ1) is 14.5. The summed E-state index contributed by atoms with van der Waals surface area (Å²) in [6.07, 6.45) is 2.60. The molecule has 1 heterocycles. The van der Waals surface area contributed by atoms with E-state index in [4.69, 9.17) is 0 Å². The number of rotatable bonds is 3. The van der Waals surface area contributed by atoms with E-state index in [1.165, 1.54) is 0 Å². The summed E-state index contributed by atoms with van der Waals surface area (Å²) in [6, 6.07) is 15.7. The van der Waals surface area contributed by atoms with Gasteiger partial charge in [-0.1, -0.05) is 40.2 Å². The van der Waals surface area contributed by atoms with Crippen LogP contribution in [0.5, 0.6) is 0 Å². The van der Waals surface area contributed by atoms with Gasteiger partial charge in [0.1, 0.15) is 5.69 Å². The first-order valence-corrected chi connectivity index (χ1v) is 8.12. The summed E-state index contributed by atoms with van der Waals surface area (Å²) in [5, 5.41) is 4.58. The number of hydrogen-bond acceptors (Lipinski definition) is 2. The van der Waals surface area contributed by atoms with E-state index in [1.54, 1.807) is 10.9 Å². The van der Waals surface area contributed by atoms with E-state index >= 15 is 0 Å². The molecule has 0 fully saturated rings. The van der Waals surface area contributed by atoms with Crippen LogP contribution in [0.3, 0.4) is 0 Å². The molecule has 0 amide bonds. The van der Waals surface area contributed by atoms with E-state index in [1.807, 2.05) is 48.5 Å². The molecule has 3 nitrogen and oxygen atoms in total. The predicted octanol–water partition coefficient (Wildman–Crippen LogP) is 4.72. The molecular formula is C16H10BrIN2O. The molecule has 0 aliphatic carbocycles. The second-order valence-corrected chi connectivity index (χ2v) is 6.53. The molecule has 0 aliphatic rings. The number of halogens is 2. The third-order valence-electron chi connectivity index (χ3n) is 3.07. The van der Waals surface area contributed by atoms with Gasteiger partial charge in [0.25, 0.3) is 0 Å². The molecule has 0 radical (unpaired) electrons. The van der Waals surface area contributed by atoms with Gasteiger partial charge in [-0.15, -0.1) is 0 Å². The lowest BCUT2D eigenvalue weighted by molar-refractivity contribution is 0.112. The maximum Gasteiger partial charge on any atom is 0.153 e. The highest BCUT2D eigenvalue weighted by Crippen LogP contribution is 2.27. The largest absolute Gasteiger partial charge is 0.298 e. The molecule has 1 aromatic heterocycles. The van der Waals surface area contributed by atoms with E-state index in [0.717, 1.165) is 25.6 Å². The minimum Gasteiger partial charge on any atom is -0.298 e. The van der Waals surface area contributed by atoms with Gasteiger partial charge in [0.2, 0.25) is 0 Å². The second-order valence-electron chi connectivity index (χ2n) is 4.46. The Labute approximate surface area is 144 Å². The Morgan fingerprint density at radius 2 is 1.95 bits per heavy atom. The summed E-state index contributed by atoms with van der Waals surface area (Å²) in [5.74, 6) is 0. The lowest BCUT2D eigenvalue weighted by Crippen LogP contribution is -1.95. The van der Waals surface area contributed by atoms with Gasteiger partial charge >= 0.3 is 0 Å². The lowest BCUT2D eigenvalue weighted by Gasteiger charge is -2.03. The second kappa shape index (κ2) is 6.11. The van der Waals surface area contributed by atoms with E-state index in [-0.39, 0.29) is 0 Å². The maximum atomic E-state index is 11.4. The van der Waals surface area contributed by atoms with Crippen molar-refractivity contribution in [2.45, 2.75) is 0 Å². The van der Waals surface area contributed by atoms with E-state index in [0.29, 0.717) is 11.3 Å². The summed E-state index contributed by atoms with van der Waals surface area (Å²) in [4.78, 5) is 11.4. The summed E-state index contributed by atoms with van der Waals surface area (Å²) >= 11 is 5.70. The Morgan fingerprint density at radius 1 is 1.14 bits per heavy atom. The third kappa shape index (κ3) is 2.94. The molecule has 0 bridgehead atoms. The van der Waals surface area contributed by atoms with Gasteiger partial charge < -0.3 is 0 Å². The van der Waals surface area contributed by atoms with Crippen molar-refractivity contribution in [1.29, 1.82) is 0 Å². The number of carbonyl (C=O) groups excluding carboxylic acids is 1. The predicted molar refractivity (Wildman–Crippen MR) is 94.8 cm³/mol. The molecule has 3 rings (SSSR count). The van der Waals surface area contributed by atoms with Crippen molar-refractivity contribution in [3.05, 3.63) is 68.3 Å². The van der Waals surface area contributed by atoms with Crippen LogP contribution in [0.4, 0.5) is 0 Å². The normalized spacial score (nSPS) is 10.6. The van der Waals surface area contributed by atoms with E-state index < -0.39 is 0 Å². The van der Waals surface area contributed by atoms with Gasteiger partial charge in [-0.25, -0.2) is 4.68 Å². The van der Waals surface area contributed by atoms with Crippen molar-refractivity contribution >= 4 is 44.8 Å². The molecule has 104 valence electrons. The Morgan fingerprint density at radius 3 is 2.67 bits per heavy atom. The van der Waals surface area contributed by atoms with Gasteiger partial charge in [0.15, 0.2) is 6.29 Å². The lowest BCUT2D eigenvalue weighted by atomic mass is 10.1. The molecule has 3 aromatic rings. The Hall–Kier alpha value is -1.47. The van der Waals surface area contributed by atoms with Gasteiger partial charge in [-0.3, -0.25) is 4.79 Å². The molecule has 0 aliphatic heterocycles. The zero-order chi connectivity index (χ0) is 14.8. The Bertz CT molecular complexity index is 814. The van der Waals surface area contributed by atoms with Gasteiger partial charge in [0.05, 0.1) is 11.3 Å². The summed E-state index contributed by atoms with van der Waals surface area (Å²) in [6.45, 7) is 0. The highest BCUT2D eigenvalue weighted by atomic mass is 127. The van der Waals surface area contributed by atoms with Gasteiger partial charge in [-0.2, -0.15) is 5.10 Å². The molecule has 0 N–H and O–H groups in total. The van der Waals surface area contributed by atoms with Crippen LogP contribution in [0.25, 0.3) is 16.9 Å². The molecule has 2 aromatic carbocycles. The topological polar surface area (TPSA) is 34.9 Å². The monoisotopic (exact) mass is 452 g/mol. The number of carbonyl (C=O) groups is 1. The standard InChI is InChI=1S/C16H10BrIN2O/c17-12-4-3-5-13(8-12)20-9-11(10-21)16(19-20)14-6-1-2-7-15(14)18/h1-10H. The Balaban J connectivity index is 2.15. The van der Waals surface area contributed by atoms with E-state index in [9.17, 15) is 4.79 Å². The number of aromatic nitrogens is 2. The van der Waals surface area contributed by atoms with Gasteiger partial charge in [-0.05, 0) is 46.9 Å². The smallest absolute Gasteiger partial charge is 0.153 e. The molecule has 21 heavy (non-hydrogen) atoms. The zero-order valence-electron chi connectivity index (χ0n) is 10.8. The van der Waals surface area contributed by atoms with Crippen LogP contribution < -0.4 is 0 Å². The zero-order valence-corrected chi connectivity index (χ0v) is 14.6. The number of nitrogens with zero attached hydrogens (tertiary/aromatic N) is 2. The highest BCUT2D eigenvalue weighted by molar-refractivity contribution is 14.1. The van der Waals surface area contributed by atoms with Crippen LogP contribution >= 0.6 is 38.5 Å². The van der Waals surface area contributed by atoms with Crippen LogP contribution in [0.15, 0.2) is 59.2 Å². The third-order valence-corrected chi connectivity index (χ3v) is 4.51. The van der Waals surface area contributed by atoms with Crippen LogP contribution in [-0.4, -0.2) is 16.1 Å². The molecular weight excluding hydrogens is 443 g/mol. The quantitative estimate of drug-likeness (QED) is 0.425. The van der Waals surface area contributed by atoms with Crippen molar-refractivity contribution in [2.75, 3.05) is 0 Å². The van der Waals surface area contributed by atoms with Crippen LogP contribution in [0.1, 0.15) is 10.4 Å². The minimum absolute atomic E-state index is 0.582. The Kier molecular flexibility index (Phi) is 4.21.